The van der Waals surface area contributed by atoms with Gasteiger partial charge < -0.3 is 5.32 Å². The minimum atomic E-state index is -0.000365. The van der Waals surface area contributed by atoms with Gasteiger partial charge in [0.2, 0.25) is 5.91 Å². The third-order valence-electron chi connectivity index (χ3n) is 2.25. The Labute approximate surface area is 93.9 Å². The molecule has 4 heteroatoms. The first kappa shape index (κ1) is 10.4. The zero-order valence-corrected chi connectivity index (χ0v) is 9.05. The molecule has 0 aliphatic carbocycles. The van der Waals surface area contributed by atoms with Gasteiger partial charge >= 0.3 is 0 Å². The first-order chi connectivity index (χ1) is 7.81. The van der Waals surface area contributed by atoms with Crippen LogP contribution in [0, 0.1) is 0 Å². The van der Waals surface area contributed by atoms with E-state index >= 15 is 0 Å². The molecule has 16 heavy (non-hydrogen) atoms. The molecule has 0 aliphatic heterocycles. The Bertz CT molecular complexity index is 477. The highest BCUT2D eigenvalue weighted by molar-refractivity contribution is 5.92. The predicted octanol–water partition coefficient (Wildman–Crippen LogP) is 2.22. The lowest BCUT2D eigenvalue weighted by Crippen LogP contribution is -2.12. The molecule has 0 fully saturated rings. The summed E-state index contributed by atoms with van der Waals surface area (Å²) < 4.78 is 1.73. The standard InChI is InChI=1S/C12H13N3O/c1-2-12(16)14-10-6-3-4-7-11(10)15-9-5-8-13-15/h3-9H,2H2,1H3,(H,14,16). The molecule has 0 bridgehead atoms. The molecule has 1 heterocycles. The van der Waals surface area contributed by atoms with E-state index in [0.717, 1.165) is 11.4 Å². The van der Waals surface area contributed by atoms with Crippen molar-refractivity contribution in [3.63, 3.8) is 0 Å². The van der Waals surface area contributed by atoms with Gasteiger partial charge in [-0.3, -0.25) is 4.79 Å². The number of carbonyl (C=O) groups is 1. The molecule has 1 aromatic heterocycles. The summed E-state index contributed by atoms with van der Waals surface area (Å²) in [5.41, 5.74) is 1.65. The van der Waals surface area contributed by atoms with Gasteiger partial charge in [-0.15, -0.1) is 0 Å². The Morgan fingerprint density at radius 2 is 2.19 bits per heavy atom. The van der Waals surface area contributed by atoms with Crippen molar-refractivity contribution in [3.05, 3.63) is 42.7 Å². The zero-order chi connectivity index (χ0) is 11.4. The zero-order valence-electron chi connectivity index (χ0n) is 9.05. The van der Waals surface area contributed by atoms with Crippen molar-refractivity contribution in [2.75, 3.05) is 5.32 Å². The number of aromatic nitrogens is 2. The summed E-state index contributed by atoms with van der Waals surface area (Å²) in [6.45, 7) is 1.83. The highest BCUT2D eigenvalue weighted by Gasteiger charge is 2.06. The maximum absolute atomic E-state index is 11.4. The number of hydrogen-bond donors (Lipinski definition) is 1. The fraction of sp³-hybridized carbons (Fsp3) is 0.167. The summed E-state index contributed by atoms with van der Waals surface area (Å²) in [4.78, 5) is 11.4. The van der Waals surface area contributed by atoms with Gasteiger partial charge in [-0.05, 0) is 18.2 Å². The monoisotopic (exact) mass is 215 g/mol. The van der Waals surface area contributed by atoms with Crippen molar-refractivity contribution < 1.29 is 4.79 Å². The molecule has 0 aliphatic rings. The number of benzene rings is 1. The Morgan fingerprint density at radius 3 is 2.88 bits per heavy atom. The van der Waals surface area contributed by atoms with E-state index in [2.05, 4.69) is 10.4 Å². The van der Waals surface area contributed by atoms with Crippen LogP contribution < -0.4 is 5.32 Å². The van der Waals surface area contributed by atoms with Gasteiger partial charge in [-0.1, -0.05) is 19.1 Å². The molecule has 0 unspecified atom stereocenters. The molecule has 4 nitrogen and oxygen atoms in total. The molecule has 1 N–H and O–H groups in total. The van der Waals surface area contributed by atoms with Crippen molar-refractivity contribution >= 4 is 11.6 Å². The van der Waals surface area contributed by atoms with E-state index in [1.54, 1.807) is 10.9 Å². The lowest BCUT2D eigenvalue weighted by atomic mass is 10.2. The van der Waals surface area contributed by atoms with Gasteiger partial charge in [0.25, 0.3) is 0 Å². The van der Waals surface area contributed by atoms with Crippen molar-refractivity contribution in [2.24, 2.45) is 0 Å². The van der Waals surface area contributed by atoms with Crippen LogP contribution in [-0.4, -0.2) is 15.7 Å². The average molecular weight is 215 g/mol. The van der Waals surface area contributed by atoms with E-state index in [1.807, 2.05) is 43.5 Å². The summed E-state index contributed by atoms with van der Waals surface area (Å²) in [6, 6.07) is 9.43. The number of para-hydroxylation sites is 2. The van der Waals surface area contributed by atoms with Gasteiger partial charge in [0.1, 0.15) is 0 Å². The molecular weight excluding hydrogens is 202 g/mol. The minimum Gasteiger partial charge on any atom is -0.324 e. The number of amides is 1. The second-order valence-corrected chi connectivity index (χ2v) is 3.37. The van der Waals surface area contributed by atoms with E-state index in [0.29, 0.717) is 6.42 Å². The predicted molar refractivity (Wildman–Crippen MR) is 62.5 cm³/mol. The largest absolute Gasteiger partial charge is 0.324 e. The van der Waals surface area contributed by atoms with Crippen LogP contribution >= 0.6 is 0 Å². The normalized spacial score (nSPS) is 10.1. The van der Waals surface area contributed by atoms with E-state index in [1.165, 1.54) is 0 Å². The highest BCUT2D eigenvalue weighted by atomic mass is 16.1. The number of rotatable bonds is 3. The molecule has 1 amide bonds. The summed E-state index contributed by atoms with van der Waals surface area (Å²) in [5.74, 6) is -0.000365. The molecule has 0 saturated carbocycles. The third-order valence-corrected chi connectivity index (χ3v) is 2.25. The number of carbonyl (C=O) groups excluding carboxylic acids is 1. The summed E-state index contributed by atoms with van der Waals surface area (Å²) in [7, 11) is 0. The molecule has 2 rings (SSSR count). The lowest BCUT2D eigenvalue weighted by molar-refractivity contribution is -0.115. The molecule has 0 radical (unpaired) electrons. The van der Waals surface area contributed by atoms with Crippen molar-refractivity contribution in [1.82, 2.24) is 9.78 Å². The Hall–Kier alpha value is -2.10. The molecule has 0 spiro atoms. The Balaban J connectivity index is 2.35. The van der Waals surface area contributed by atoms with Crippen LogP contribution in [0.3, 0.4) is 0 Å². The van der Waals surface area contributed by atoms with Crippen LogP contribution in [0.2, 0.25) is 0 Å². The Kier molecular flexibility index (Phi) is 3.00. The van der Waals surface area contributed by atoms with Crippen molar-refractivity contribution in [3.8, 4) is 5.69 Å². The van der Waals surface area contributed by atoms with Gasteiger partial charge in [-0.25, -0.2) is 4.68 Å². The quantitative estimate of drug-likeness (QED) is 0.853. The van der Waals surface area contributed by atoms with E-state index in [-0.39, 0.29) is 5.91 Å². The number of nitrogens with zero attached hydrogens (tertiary/aromatic N) is 2. The smallest absolute Gasteiger partial charge is 0.224 e. The minimum absolute atomic E-state index is 0.000365. The van der Waals surface area contributed by atoms with Gasteiger partial charge in [0, 0.05) is 18.8 Å². The average Bonchev–Trinajstić information content (AvgIpc) is 2.83. The number of nitrogens with one attached hydrogen (secondary N) is 1. The second kappa shape index (κ2) is 4.61. The van der Waals surface area contributed by atoms with Crippen LogP contribution in [0.4, 0.5) is 5.69 Å². The number of hydrogen-bond acceptors (Lipinski definition) is 2. The molecule has 82 valence electrons. The van der Waals surface area contributed by atoms with Crippen LogP contribution in [0.5, 0.6) is 0 Å². The molecule has 1 aromatic carbocycles. The summed E-state index contributed by atoms with van der Waals surface area (Å²) in [6.07, 6.45) is 4.02. The lowest BCUT2D eigenvalue weighted by Gasteiger charge is -2.09. The van der Waals surface area contributed by atoms with Crippen LogP contribution in [0.1, 0.15) is 13.3 Å². The van der Waals surface area contributed by atoms with E-state index in [4.69, 9.17) is 0 Å². The van der Waals surface area contributed by atoms with Crippen LogP contribution in [-0.2, 0) is 4.79 Å². The summed E-state index contributed by atoms with van der Waals surface area (Å²) in [5, 5.41) is 6.99. The van der Waals surface area contributed by atoms with Gasteiger partial charge in [-0.2, -0.15) is 5.10 Å². The maximum atomic E-state index is 11.4. The highest BCUT2D eigenvalue weighted by Crippen LogP contribution is 2.18. The van der Waals surface area contributed by atoms with Crippen LogP contribution in [0.25, 0.3) is 5.69 Å². The first-order valence-electron chi connectivity index (χ1n) is 5.20. The van der Waals surface area contributed by atoms with E-state index in [9.17, 15) is 4.79 Å². The fourth-order valence-corrected chi connectivity index (χ4v) is 1.43. The second-order valence-electron chi connectivity index (χ2n) is 3.37. The molecule has 2 aromatic rings. The van der Waals surface area contributed by atoms with E-state index < -0.39 is 0 Å². The van der Waals surface area contributed by atoms with Crippen molar-refractivity contribution in [1.29, 1.82) is 0 Å². The molecular formula is C12H13N3O. The molecule has 0 atom stereocenters. The number of anilines is 1. The summed E-state index contributed by atoms with van der Waals surface area (Å²) >= 11 is 0. The van der Waals surface area contributed by atoms with Gasteiger partial charge in [0.05, 0.1) is 11.4 Å². The molecule has 0 saturated heterocycles. The Morgan fingerprint density at radius 1 is 1.38 bits per heavy atom. The van der Waals surface area contributed by atoms with Gasteiger partial charge in [0.15, 0.2) is 0 Å². The SMILES string of the molecule is CCC(=O)Nc1ccccc1-n1cccn1. The fourth-order valence-electron chi connectivity index (χ4n) is 1.43. The first-order valence-corrected chi connectivity index (χ1v) is 5.20. The third kappa shape index (κ3) is 2.11. The van der Waals surface area contributed by atoms with Crippen molar-refractivity contribution in [2.45, 2.75) is 13.3 Å². The van der Waals surface area contributed by atoms with Crippen LogP contribution in [0.15, 0.2) is 42.7 Å². The maximum Gasteiger partial charge on any atom is 0.224 e. The topological polar surface area (TPSA) is 46.9 Å².